The van der Waals surface area contributed by atoms with E-state index in [1.54, 1.807) is 18.2 Å². The molecular formula is C25H23FN2O2S. The smallest absolute Gasteiger partial charge is 0.293 e. The summed E-state index contributed by atoms with van der Waals surface area (Å²) in [6, 6.07) is 14.2. The first kappa shape index (κ1) is 21.1. The van der Waals surface area contributed by atoms with Gasteiger partial charge in [-0.3, -0.25) is 14.5 Å². The van der Waals surface area contributed by atoms with E-state index in [4.69, 9.17) is 0 Å². The van der Waals surface area contributed by atoms with Gasteiger partial charge < -0.3 is 4.57 Å². The first-order valence-electron chi connectivity index (χ1n) is 10.0. The number of rotatable bonds is 4. The van der Waals surface area contributed by atoms with Crippen molar-refractivity contribution in [2.24, 2.45) is 0 Å². The summed E-state index contributed by atoms with van der Waals surface area (Å²) < 4.78 is 15.3. The van der Waals surface area contributed by atoms with E-state index < -0.39 is 0 Å². The number of halogens is 1. The first-order chi connectivity index (χ1) is 14.7. The minimum Gasteiger partial charge on any atom is -0.318 e. The van der Waals surface area contributed by atoms with Crippen LogP contribution in [0.25, 0.3) is 11.8 Å². The van der Waals surface area contributed by atoms with Crippen molar-refractivity contribution in [1.82, 2.24) is 9.47 Å². The number of aryl methyl sites for hydroxylation is 3. The van der Waals surface area contributed by atoms with E-state index in [0.29, 0.717) is 10.5 Å². The van der Waals surface area contributed by atoms with Gasteiger partial charge in [0.1, 0.15) is 5.82 Å². The van der Waals surface area contributed by atoms with Crippen molar-refractivity contribution in [2.75, 3.05) is 0 Å². The third-order valence-corrected chi connectivity index (χ3v) is 6.39. The van der Waals surface area contributed by atoms with Crippen LogP contribution in [0.2, 0.25) is 0 Å². The lowest BCUT2D eigenvalue weighted by Crippen LogP contribution is -2.27. The normalized spacial score (nSPS) is 15.4. The van der Waals surface area contributed by atoms with Crippen molar-refractivity contribution in [1.29, 1.82) is 0 Å². The summed E-state index contributed by atoms with van der Waals surface area (Å²) in [5, 5.41) is -0.316. The molecule has 1 fully saturated rings. The topological polar surface area (TPSA) is 42.3 Å². The summed E-state index contributed by atoms with van der Waals surface area (Å²) in [5.74, 6) is -0.674. The van der Waals surface area contributed by atoms with Crippen molar-refractivity contribution < 1.29 is 14.0 Å². The van der Waals surface area contributed by atoms with Gasteiger partial charge in [-0.2, -0.15) is 0 Å². The average molecular weight is 435 g/mol. The Hall–Kier alpha value is -3.12. The lowest BCUT2D eigenvalue weighted by atomic mass is 10.1. The number of hydrogen-bond donors (Lipinski definition) is 0. The number of amides is 2. The standard InChI is InChI=1S/C25H23FN2O2S/c1-15-5-10-22(16(2)11-15)28-17(3)12-20(18(28)4)13-23-24(29)27(25(30)31-23)14-19-6-8-21(26)9-7-19/h5-13H,14H2,1-4H3/b23-13-. The van der Waals surface area contributed by atoms with Crippen LogP contribution in [0, 0.1) is 33.5 Å². The second-order valence-electron chi connectivity index (χ2n) is 7.85. The van der Waals surface area contributed by atoms with Crippen LogP contribution in [0.4, 0.5) is 9.18 Å². The SMILES string of the molecule is Cc1ccc(-n2c(C)cc(/C=C3\SC(=O)N(Cc4ccc(F)cc4)C3=O)c2C)c(C)c1. The molecule has 6 heteroatoms. The van der Waals surface area contributed by atoms with E-state index in [-0.39, 0.29) is 23.5 Å². The van der Waals surface area contributed by atoms with Crippen LogP contribution in [0.15, 0.2) is 53.4 Å². The highest BCUT2D eigenvalue weighted by Gasteiger charge is 2.35. The minimum absolute atomic E-state index is 0.129. The predicted molar refractivity (Wildman–Crippen MR) is 123 cm³/mol. The lowest BCUT2D eigenvalue weighted by Gasteiger charge is -2.13. The van der Waals surface area contributed by atoms with Gasteiger partial charge in [-0.05, 0) is 86.5 Å². The molecule has 4 rings (SSSR count). The molecule has 1 aliphatic rings. The van der Waals surface area contributed by atoms with Crippen molar-refractivity contribution in [2.45, 2.75) is 34.2 Å². The summed E-state index contributed by atoms with van der Waals surface area (Å²) in [4.78, 5) is 26.9. The van der Waals surface area contributed by atoms with Gasteiger partial charge in [-0.15, -0.1) is 0 Å². The number of imide groups is 1. The molecule has 31 heavy (non-hydrogen) atoms. The van der Waals surface area contributed by atoms with E-state index in [9.17, 15) is 14.0 Å². The summed E-state index contributed by atoms with van der Waals surface area (Å²) in [7, 11) is 0. The molecule has 2 aromatic carbocycles. The quantitative estimate of drug-likeness (QED) is 0.467. The van der Waals surface area contributed by atoms with Gasteiger partial charge in [0.05, 0.1) is 11.4 Å². The van der Waals surface area contributed by atoms with Crippen LogP contribution >= 0.6 is 11.8 Å². The molecule has 4 nitrogen and oxygen atoms in total. The molecule has 1 saturated heterocycles. The number of nitrogens with zero attached hydrogens (tertiary/aromatic N) is 2. The van der Waals surface area contributed by atoms with E-state index >= 15 is 0 Å². The second kappa shape index (κ2) is 8.19. The number of aromatic nitrogens is 1. The van der Waals surface area contributed by atoms with Crippen LogP contribution in [0.5, 0.6) is 0 Å². The molecule has 0 saturated carbocycles. The van der Waals surface area contributed by atoms with Crippen LogP contribution in [-0.2, 0) is 11.3 Å². The zero-order valence-electron chi connectivity index (χ0n) is 17.9. The zero-order chi connectivity index (χ0) is 22.3. The van der Waals surface area contributed by atoms with Gasteiger partial charge in [-0.1, -0.05) is 29.8 Å². The van der Waals surface area contributed by atoms with E-state index in [1.807, 2.05) is 19.9 Å². The molecular weight excluding hydrogens is 411 g/mol. The van der Waals surface area contributed by atoms with Gasteiger partial charge in [-0.25, -0.2) is 4.39 Å². The Morgan fingerprint density at radius 1 is 0.968 bits per heavy atom. The maximum Gasteiger partial charge on any atom is 0.293 e. The number of hydrogen-bond acceptors (Lipinski definition) is 3. The van der Waals surface area contributed by atoms with Crippen molar-refractivity contribution in [3.05, 3.63) is 92.9 Å². The van der Waals surface area contributed by atoms with Crippen molar-refractivity contribution >= 4 is 29.0 Å². The average Bonchev–Trinajstić information content (AvgIpc) is 3.14. The van der Waals surface area contributed by atoms with Crippen LogP contribution in [-0.4, -0.2) is 20.6 Å². The molecule has 1 aromatic heterocycles. The Balaban J connectivity index is 1.64. The fourth-order valence-corrected chi connectivity index (χ4v) is 4.74. The summed E-state index contributed by atoms with van der Waals surface area (Å²) in [5.41, 5.74) is 7.16. The summed E-state index contributed by atoms with van der Waals surface area (Å²) in [6.45, 7) is 8.33. The van der Waals surface area contributed by atoms with E-state index in [0.717, 1.165) is 34.4 Å². The third kappa shape index (κ3) is 4.08. The molecule has 1 aliphatic heterocycles. The fourth-order valence-electron chi connectivity index (χ4n) is 3.91. The molecule has 0 N–H and O–H groups in total. The summed E-state index contributed by atoms with van der Waals surface area (Å²) >= 11 is 0.939. The molecule has 2 heterocycles. The highest BCUT2D eigenvalue weighted by molar-refractivity contribution is 8.18. The number of benzene rings is 2. The third-order valence-electron chi connectivity index (χ3n) is 5.48. The van der Waals surface area contributed by atoms with Gasteiger partial charge >= 0.3 is 0 Å². The molecule has 0 spiro atoms. The molecule has 0 radical (unpaired) electrons. The van der Waals surface area contributed by atoms with Gasteiger partial charge in [0.2, 0.25) is 0 Å². The zero-order valence-corrected chi connectivity index (χ0v) is 18.7. The van der Waals surface area contributed by atoms with Gasteiger partial charge in [0.25, 0.3) is 11.1 Å². The Kier molecular flexibility index (Phi) is 5.58. The van der Waals surface area contributed by atoms with Gasteiger partial charge in [0, 0.05) is 17.1 Å². The number of carbonyl (C=O) groups excluding carboxylic acids is 2. The maximum atomic E-state index is 13.1. The van der Waals surface area contributed by atoms with Crippen LogP contribution in [0.1, 0.15) is 33.6 Å². The van der Waals surface area contributed by atoms with E-state index in [1.165, 1.54) is 28.2 Å². The molecule has 3 aromatic rings. The van der Waals surface area contributed by atoms with Crippen LogP contribution < -0.4 is 0 Å². The van der Waals surface area contributed by atoms with Crippen molar-refractivity contribution in [3.8, 4) is 5.69 Å². The highest BCUT2D eigenvalue weighted by atomic mass is 32.2. The molecule has 2 amide bonds. The minimum atomic E-state index is -0.350. The Morgan fingerprint density at radius 2 is 1.68 bits per heavy atom. The molecule has 0 aliphatic carbocycles. The Bertz CT molecular complexity index is 1230. The first-order valence-corrected chi connectivity index (χ1v) is 10.8. The molecule has 158 valence electrons. The maximum absolute atomic E-state index is 13.1. The van der Waals surface area contributed by atoms with E-state index in [2.05, 4.69) is 36.6 Å². The lowest BCUT2D eigenvalue weighted by molar-refractivity contribution is -0.123. The Labute approximate surface area is 185 Å². The molecule has 0 unspecified atom stereocenters. The fraction of sp³-hybridized carbons (Fsp3) is 0.200. The monoisotopic (exact) mass is 434 g/mol. The van der Waals surface area contributed by atoms with Crippen molar-refractivity contribution in [3.63, 3.8) is 0 Å². The molecule has 0 atom stereocenters. The predicted octanol–water partition coefficient (Wildman–Crippen LogP) is 6.09. The second-order valence-corrected chi connectivity index (χ2v) is 8.84. The Morgan fingerprint density at radius 3 is 2.35 bits per heavy atom. The van der Waals surface area contributed by atoms with Crippen LogP contribution in [0.3, 0.4) is 0 Å². The largest absolute Gasteiger partial charge is 0.318 e. The number of carbonyl (C=O) groups is 2. The summed E-state index contributed by atoms with van der Waals surface area (Å²) in [6.07, 6.45) is 1.79. The van der Waals surface area contributed by atoms with Gasteiger partial charge in [0.15, 0.2) is 0 Å². The highest BCUT2D eigenvalue weighted by Crippen LogP contribution is 2.35. The molecule has 0 bridgehead atoms. The number of thioether (sulfide) groups is 1.